The van der Waals surface area contributed by atoms with Crippen molar-refractivity contribution in [3.63, 3.8) is 0 Å². The molecule has 1 atom stereocenters. The summed E-state index contributed by atoms with van der Waals surface area (Å²) in [5, 5.41) is 27.7. The van der Waals surface area contributed by atoms with E-state index in [4.69, 9.17) is 23.2 Å². The Morgan fingerprint density at radius 3 is 2.04 bits per heavy atom. The Morgan fingerprint density at radius 2 is 1.39 bits per heavy atom. The largest absolute Gasteiger partial charge is 0.388 e. The molecule has 3 aromatic carbocycles. The van der Waals surface area contributed by atoms with Crippen molar-refractivity contribution in [2.75, 3.05) is 43.4 Å². The topological polar surface area (TPSA) is 208 Å². The molecule has 5 aromatic rings. The monoisotopic (exact) mass is 1020 g/mol. The highest BCUT2D eigenvalue weighted by molar-refractivity contribution is 6.38. The Hall–Kier alpha value is -6.62. The van der Waals surface area contributed by atoms with Gasteiger partial charge in [0.1, 0.15) is 11.9 Å². The summed E-state index contributed by atoms with van der Waals surface area (Å²) in [7, 11) is 0. The Morgan fingerprint density at radius 1 is 0.736 bits per heavy atom. The van der Waals surface area contributed by atoms with E-state index < -0.39 is 23.5 Å². The summed E-state index contributed by atoms with van der Waals surface area (Å²) in [4.78, 5) is 85.0. The van der Waals surface area contributed by atoms with Crippen molar-refractivity contribution in [3.8, 4) is 16.9 Å². The van der Waals surface area contributed by atoms with Crippen LogP contribution in [0.1, 0.15) is 122 Å². The summed E-state index contributed by atoms with van der Waals surface area (Å²) < 4.78 is 1.45. The van der Waals surface area contributed by atoms with Gasteiger partial charge in [-0.05, 0) is 105 Å². The van der Waals surface area contributed by atoms with Gasteiger partial charge in [-0.3, -0.25) is 39.1 Å². The molecule has 1 unspecified atom stereocenters. The van der Waals surface area contributed by atoms with Gasteiger partial charge in [0.2, 0.25) is 23.6 Å². The Balaban J connectivity index is 0.707. The van der Waals surface area contributed by atoms with E-state index in [1.165, 1.54) is 22.4 Å². The quantitative estimate of drug-likeness (QED) is 0.0395. The maximum atomic E-state index is 13.7. The van der Waals surface area contributed by atoms with Gasteiger partial charge in [0, 0.05) is 75.5 Å². The Bertz CT molecular complexity index is 2720. The Kier molecular flexibility index (Phi) is 17.4. The third-order valence-electron chi connectivity index (χ3n) is 13.9. The van der Waals surface area contributed by atoms with Crippen LogP contribution in [0.2, 0.25) is 10.0 Å². The van der Waals surface area contributed by atoms with Crippen LogP contribution in [0.5, 0.6) is 0 Å². The van der Waals surface area contributed by atoms with Gasteiger partial charge in [-0.15, -0.1) is 0 Å². The average Bonchev–Trinajstić information content (AvgIpc) is 3.81. The van der Waals surface area contributed by atoms with E-state index in [1.807, 2.05) is 41.3 Å². The van der Waals surface area contributed by atoms with Crippen LogP contribution >= 0.6 is 23.2 Å². The van der Waals surface area contributed by atoms with Crippen LogP contribution in [-0.4, -0.2) is 109 Å². The molecule has 6 amide bonds. The number of pyridine rings is 1. The molecule has 0 saturated carbocycles. The van der Waals surface area contributed by atoms with Crippen LogP contribution in [0.4, 0.5) is 11.5 Å². The first-order valence-corrected chi connectivity index (χ1v) is 25.7. The van der Waals surface area contributed by atoms with Gasteiger partial charge in [-0.25, -0.2) is 4.68 Å². The molecule has 16 nitrogen and oxygen atoms in total. The standard InChI is InChI=1S/C54H61Cl2N9O7/c55-42-33-43(56)41(32-40(42)44-14-10-11-27-57-44)51(69)60-47-34-46(62-65(47)39-12-6-5-7-13-39)52(70)58-35-54(72)25-30-64(31-26-54)50(68)16-9-4-2-1-3-8-15-49(67)63-28-23-37(24-29-63)36-17-19-38(20-18-36)59-45-21-22-48(66)61-53(45)71/h5-7,10-14,17-20,27,32-34,37,45,59,72H,1-4,8-9,15-16,21-26,28-31,35H2,(H,58,70)(H,60,69)(H,61,66,71). The molecule has 18 heteroatoms. The van der Waals surface area contributed by atoms with E-state index in [0.717, 1.165) is 70.1 Å². The number of rotatable bonds is 19. The predicted octanol–water partition coefficient (Wildman–Crippen LogP) is 8.32. The number of likely N-dealkylation sites (tertiary alicyclic amines) is 2. The minimum atomic E-state index is -1.21. The summed E-state index contributed by atoms with van der Waals surface area (Å²) in [5.41, 5.74) is 2.72. The highest BCUT2D eigenvalue weighted by Crippen LogP contribution is 2.34. The number of nitrogens with zero attached hydrogens (tertiary/aromatic N) is 5. The number of unbranched alkanes of at least 4 members (excludes halogenated alkanes) is 5. The van der Waals surface area contributed by atoms with Gasteiger partial charge >= 0.3 is 0 Å². The maximum Gasteiger partial charge on any atom is 0.271 e. The van der Waals surface area contributed by atoms with E-state index in [2.05, 4.69) is 43.5 Å². The fourth-order valence-corrected chi connectivity index (χ4v) is 10.1. The molecule has 5 N–H and O–H groups in total. The molecule has 0 bridgehead atoms. The highest BCUT2D eigenvalue weighted by Gasteiger charge is 2.35. The molecule has 0 radical (unpaired) electrons. The molecule has 2 aromatic heterocycles. The summed E-state index contributed by atoms with van der Waals surface area (Å²) in [5.74, 6) is -0.745. The molecule has 72 heavy (non-hydrogen) atoms. The number of hydrogen-bond acceptors (Lipinski definition) is 10. The second kappa shape index (κ2) is 24.2. The van der Waals surface area contributed by atoms with Crippen molar-refractivity contribution in [1.29, 1.82) is 0 Å². The van der Waals surface area contributed by atoms with Gasteiger partial charge in [0.25, 0.3) is 11.8 Å². The van der Waals surface area contributed by atoms with Gasteiger partial charge in [-0.1, -0.05) is 85.3 Å². The molecule has 3 aliphatic rings. The second-order valence-electron chi connectivity index (χ2n) is 19.0. The van der Waals surface area contributed by atoms with Gasteiger partial charge in [-0.2, -0.15) is 5.10 Å². The summed E-state index contributed by atoms with van der Waals surface area (Å²) >= 11 is 13.0. The molecule has 8 rings (SSSR count). The zero-order chi connectivity index (χ0) is 50.6. The van der Waals surface area contributed by atoms with Gasteiger partial charge < -0.3 is 30.9 Å². The lowest BCUT2D eigenvalue weighted by atomic mass is 9.89. The van der Waals surface area contributed by atoms with Crippen LogP contribution in [0.15, 0.2) is 97.2 Å². The second-order valence-corrected chi connectivity index (χ2v) is 19.8. The minimum absolute atomic E-state index is 0.0206. The van der Waals surface area contributed by atoms with E-state index >= 15 is 0 Å². The number of carbonyl (C=O) groups excluding carboxylic acids is 6. The molecule has 378 valence electrons. The molecule has 3 fully saturated rings. The number of hydrogen-bond donors (Lipinski definition) is 5. The zero-order valence-electron chi connectivity index (χ0n) is 40.2. The number of piperidine rings is 3. The summed E-state index contributed by atoms with van der Waals surface area (Å²) in [6.07, 6.45) is 11.4. The van der Waals surface area contributed by atoms with Crippen molar-refractivity contribution in [1.82, 2.24) is 35.2 Å². The van der Waals surface area contributed by atoms with Crippen molar-refractivity contribution in [3.05, 3.63) is 124 Å². The van der Waals surface area contributed by atoms with Crippen LogP contribution in [0, 0.1) is 0 Å². The van der Waals surface area contributed by atoms with Crippen molar-refractivity contribution in [2.24, 2.45) is 0 Å². The average molecular weight is 1020 g/mol. The molecular formula is C54H61Cl2N9O7. The SMILES string of the molecule is O=C1CCC(Nc2ccc(C3CCN(C(=O)CCCCCCCCC(=O)N4CCC(O)(CNC(=O)c5cc(NC(=O)c6cc(-c7ccccn7)c(Cl)cc6Cl)n(-c6ccccc6)n5)CC4)CC3)cc2)C(=O)N1. The number of aliphatic hydroxyl groups is 1. The number of aromatic nitrogens is 3. The number of nitrogens with one attached hydrogen (secondary N) is 4. The number of carbonyl (C=O) groups is 6. The van der Waals surface area contributed by atoms with Crippen molar-refractivity contribution < 1.29 is 33.9 Å². The normalized spacial score (nSPS) is 17.0. The smallest absolute Gasteiger partial charge is 0.271 e. The highest BCUT2D eigenvalue weighted by atomic mass is 35.5. The maximum absolute atomic E-state index is 13.7. The summed E-state index contributed by atoms with van der Waals surface area (Å²) in [6, 6.07) is 26.6. The van der Waals surface area contributed by atoms with E-state index in [9.17, 15) is 33.9 Å². The third-order valence-corrected chi connectivity index (χ3v) is 14.5. The van der Waals surface area contributed by atoms with E-state index in [-0.39, 0.29) is 52.3 Å². The van der Waals surface area contributed by atoms with Crippen LogP contribution < -0.4 is 21.3 Å². The van der Waals surface area contributed by atoms with E-state index in [1.54, 1.807) is 41.4 Å². The number of benzene rings is 3. The van der Waals surface area contributed by atoms with E-state index in [0.29, 0.717) is 79.5 Å². The number of imide groups is 1. The Labute approximate surface area is 429 Å². The molecule has 3 saturated heterocycles. The third kappa shape index (κ3) is 13.5. The molecule has 3 aliphatic heterocycles. The van der Waals surface area contributed by atoms with Crippen LogP contribution in [-0.2, 0) is 19.2 Å². The first-order chi connectivity index (χ1) is 34.8. The minimum Gasteiger partial charge on any atom is -0.388 e. The molecule has 5 heterocycles. The number of para-hydroxylation sites is 1. The lowest BCUT2D eigenvalue weighted by Gasteiger charge is -2.38. The first kappa shape index (κ1) is 51.7. The lowest BCUT2D eigenvalue weighted by molar-refractivity contribution is -0.136. The number of halogens is 2. The first-order valence-electron chi connectivity index (χ1n) is 25.0. The zero-order valence-corrected chi connectivity index (χ0v) is 41.7. The fourth-order valence-electron chi connectivity index (χ4n) is 9.58. The number of amides is 6. The van der Waals surface area contributed by atoms with Crippen molar-refractivity contribution >= 4 is 70.2 Å². The van der Waals surface area contributed by atoms with Gasteiger partial charge in [0.05, 0.1) is 32.6 Å². The van der Waals surface area contributed by atoms with Crippen molar-refractivity contribution in [2.45, 2.75) is 107 Å². The predicted molar refractivity (Wildman–Crippen MR) is 276 cm³/mol. The molecular weight excluding hydrogens is 958 g/mol. The molecule has 0 spiro atoms. The van der Waals surface area contributed by atoms with Crippen LogP contribution in [0.25, 0.3) is 16.9 Å². The number of anilines is 2. The van der Waals surface area contributed by atoms with Gasteiger partial charge in [0.15, 0.2) is 5.69 Å². The summed E-state index contributed by atoms with van der Waals surface area (Å²) in [6.45, 7) is 2.20. The fraction of sp³-hybridized carbons (Fsp3) is 0.407. The lowest BCUT2D eigenvalue weighted by Crippen LogP contribution is -2.52. The van der Waals surface area contributed by atoms with Crippen LogP contribution in [0.3, 0.4) is 0 Å². The molecule has 0 aliphatic carbocycles.